The third-order valence-electron chi connectivity index (χ3n) is 1.43. The Morgan fingerprint density at radius 3 is 2.55 bits per heavy atom. The molecule has 11 heavy (non-hydrogen) atoms. The number of nitrogens with two attached hydrogens (primary N) is 1. The van der Waals surface area contributed by atoms with Crippen molar-refractivity contribution in [2.24, 2.45) is 5.90 Å². The van der Waals surface area contributed by atoms with E-state index < -0.39 is 0 Å². The second kappa shape index (κ2) is 5.92. The molecule has 0 aliphatic carbocycles. The quantitative estimate of drug-likeness (QED) is 0.486. The van der Waals surface area contributed by atoms with Crippen LogP contribution in [0.15, 0.2) is 11.8 Å². The van der Waals surface area contributed by atoms with E-state index in [1.54, 1.807) is 13.0 Å². The van der Waals surface area contributed by atoms with Crippen molar-refractivity contribution < 1.29 is 9.63 Å². The Bertz CT molecular complexity index is 152. The van der Waals surface area contributed by atoms with Crippen LogP contribution < -0.4 is 5.90 Å². The van der Waals surface area contributed by atoms with Gasteiger partial charge in [0, 0.05) is 12.8 Å². The second-order valence-corrected chi connectivity index (χ2v) is 2.43. The number of Topliss-reactive ketones (excluding diaryl/α,β-unsaturated/α-hetero) is 1. The lowest BCUT2D eigenvalue weighted by Gasteiger charge is -2.01. The molecule has 3 heteroatoms. The predicted molar refractivity (Wildman–Crippen MR) is 43.6 cm³/mol. The largest absolute Gasteiger partial charge is 0.416 e. The highest BCUT2D eigenvalue weighted by Crippen LogP contribution is 2.06. The lowest BCUT2D eigenvalue weighted by Crippen LogP contribution is -2.00. The van der Waals surface area contributed by atoms with E-state index in [0.29, 0.717) is 6.42 Å². The Labute approximate surface area is 67.2 Å². The lowest BCUT2D eigenvalue weighted by molar-refractivity contribution is -0.117. The number of carbonyl (C=O) groups excluding carboxylic acids is 1. The molecule has 0 aromatic rings. The fourth-order valence-corrected chi connectivity index (χ4v) is 0.783. The van der Waals surface area contributed by atoms with E-state index in [9.17, 15) is 4.79 Å². The molecule has 0 atom stereocenters. The fraction of sp³-hybridized carbons (Fsp3) is 0.625. The minimum Gasteiger partial charge on any atom is -0.416 e. The first kappa shape index (κ1) is 10.2. The molecule has 64 valence electrons. The molecule has 0 fully saturated rings. The molecular weight excluding hydrogens is 142 g/mol. The number of hydrogen-bond donors (Lipinski definition) is 1. The Hall–Kier alpha value is -0.830. The van der Waals surface area contributed by atoms with Crippen LogP contribution in [0.1, 0.15) is 33.1 Å². The summed E-state index contributed by atoms with van der Waals surface area (Å²) in [5.41, 5.74) is 0. The SMILES string of the molecule is CC=C(CCCC(C)=O)ON. The molecule has 0 saturated carbocycles. The highest BCUT2D eigenvalue weighted by Gasteiger charge is 1.97. The number of hydrogen-bond acceptors (Lipinski definition) is 3. The third kappa shape index (κ3) is 5.61. The van der Waals surface area contributed by atoms with Crippen molar-refractivity contribution >= 4 is 5.78 Å². The van der Waals surface area contributed by atoms with Crippen LogP contribution in [-0.4, -0.2) is 5.78 Å². The Balaban J connectivity index is 3.45. The molecule has 0 saturated heterocycles. The van der Waals surface area contributed by atoms with Crippen molar-refractivity contribution in [1.82, 2.24) is 0 Å². The van der Waals surface area contributed by atoms with Gasteiger partial charge in [-0.15, -0.1) is 0 Å². The summed E-state index contributed by atoms with van der Waals surface area (Å²) in [6.45, 7) is 3.44. The maximum absolute atomic E-state index is 10.5. The van der Waals surface area contributed by atoms with Gasteiger partial charge in [-0.25, -0.2) is 0 Å². The molecule has 2 N–H and O–H groups in total. The summed E-state index contributed by atoms with van der Waals surface area (Å²) in [7, 11) is 0. The molecule has 0 rings (SSSR count). The summed E-state index contributed by atoms with van der Waals surface area (Å²) in [4.78, 5) is 15.0. The lowest BCUT2D eigenvalue weighted by atomic mass is 10.2. The van der Waals surface area contributed by atoms with E-state index in [0.717, 1.165) is 18.6 Å². The Morgan fingerprint density at radius 2 is 2.18 bits per heavy atom. The number of carbonyl (C=O) groups is 1. The average molecular weight is 157 g/mol. The zero-order valence-electron chi connectivity index (χ0n) is 7.09. The van der Waals surface area contributed by atoms with Gasteiger partial charge in [-0.1, -0.05) is 0 Å². The van der Waals surface area contributed by atoms with Crippen LogP contribution in [0.5, 0.6) is 0 Å². The molecule has 0 bridgehead atoms. The van der Waals surface area contributed by atoms with E-state index in [1.807, 2.05) is 6.92 Å². The Kier molecular flexibility index (Phi) is 5.47. The standard InChI is InChI=1S/C8H15NO2/c1-3-8(11-9)6-4-5-7(2)10/h3H,4-6,9H2,1-2H3. The number of ketones is 1. The molecule has 0 radical (unpaired) electrons. The number of rotatable bonds is 5. The summed E-state index contributed by atoms with van der Waals surface area (Å²) in [5, 5.41) is 0. The van der Waals surface area contributed by atoms with Crippen molar-refractivity contribution in [2.75, 3.05) is 0 Å². The van der Waals surface area contributed by atoms with Crippen LogP contribution in [0.3, 0.4) is 0 Å². The highest BCUT2D eigenvalue weighted by atomic mass is 16.6. The van der Waals surface area contributed by atoms with Gasteiger partial charge >= 0.3 is 0 Å². The van der Waals surface area contributed by atoms with E-state index >= 15 is 0 Å². The van der Waals surface area contributed by atoms with Crippen LogP contribution >= 0.6 is 0 Å². The van der Waals surface area contributed by atoms with E-state index in [1.165, 1.54) is 0 Å². The van der Waals surface area contributed by atoms with Crippen LogP contribution in [0.4, 0.5) is 0 Å². The molecule has 0 unspecified atom stereocenters. The summed E-state index contributed by atoms with van der Waals surface area (Å²) in [6.07, 6.45) is 3.96. The second-order valence-electron chi connectivity index (χ2n) is 2.43. The van der Waals surface area contributed by atoms with Crippen molar-refractivity contribution in [2.45, 2.75) is 33.1 Å². The van der Waals surface area contributed by atoms with Crippen molar-refractivity contribution in [1.29, 1.82) is 0 Å². The van der Waals surface area contributed by atoms with Gasteiger partial charge in [0.1, 0.15) is 11.5 Å². The van der Waals surface area contributed by atoms with Gasteiger partial charge in [-0.2, -0.15) is 5.90 Å². The van der Waals surface area contributed by atoms with Crippen LogP contribution in [0.2, 0.25) is 0 Å². The van der Waals surface area contributed by atoms with Gasteiger partial charge in [0.05, 0.1) is 0 Å². The summed E-state index contributed by atoms with van der Waals surface area (Å²) >= 11 is 0. The number of allylic oxidation sites excluding steroid dienone is 2. The first-order valence-electron chi connectivity index (χ1n) is 3.72. The average Bonchev–Trinajstić information content (AvgIpc) is 1.98. The molecule has 0 heterocycles. The molecular formula is C8H15NO2. The van der Waals surface area contributed by atoms with Gasteiger partial charge in [-0.3, -0.25) is 0 Å². The van der Waals surface area contributed by atoms with E-state index in [4.69, 9.17) is 5.90 Å². The van der Waals surface area contributed by atoms with Crippen LogP contribution in [-0.2, 0) is 9.63 Å². The summed E-state index contributed by atoms with van der Waals surface area (Å²) < 4.78 is 0. The summed E-state index contributed by atoms with van der Waals surface area (Å²) in [6, 6.07) is 0. The minimum absolute atomic E-state index is 0.206. The molecule has 0 aromatic carbocycles. The Morgan fingerprint density at radius 1 is 1.55 bits per heavy atom. The molecule has 0 aromatic heterocycles. The monoisotopic (exact) mass is 157 g/mol. The van der Waals surface area contributed by atoms with Gasteiger partial charge < -0.3 is 9.63 Å². The molecule has 0 aliphatic heterocycles. The van der Waals surface area contributed by atoms with Crippen molar-refractivity contribution in [3.63, 3.8) is 0 Å². The van der Waals surface area contributed by atoms with Gasteiger partial charge in [0.15, 0.2) is 0 Å². The van der Waals surface area contributed by atoms with Crippen molar-refractivity contribution in [3.05, 3.63) is 11.8 Å². The van der Waals surface area contributed by atoms with Crippen molar-refractivity contribution in [3.8, 4) is 0 Å². The highest BCUT2D eigenvalue weighted by molar-refractivity contribution is 5.75. The van der Waals surface area contributed by atoms with Gasteiger partial charge in [-0.05, 0) is 26.3 Å². The van der Waals surface area contributed by atoms with E-state index in [2.05, 4.69) is 4.84 Å². The topological polar surface area (TPSA) is 52.3 Å². The minimum atomic E-state index is 0.206. The first-order chi connectivity index (χ1) is 5.20. The molecule has 0 aliphatic rings. The maximum Gasteiger partial charge on any atom is 0.129 e. The normalized spacial score (nSPS) is 11.4. The van der Waals surface area contributed by atoms with Gasteiger partial charge in [0.25, 0.3) is 0 Å². The molecule has 3 nitrogen and oxygen atoms in total. The molecule has 0 spiro atoms. The first-order valence-corrected chi connectivity index (χ1v) is 3.72. The summed E-state index contributed by atoms with van der Waals surface area (Å²) in [5.74, 6) is 5.89. The zero-order valence-corrected chi connectivity index (χ0v) is 7.09. The third-order valence-corrected chi connectivity index (χ3v) is 1.43. The van der Waals surface area contributed by atoms with Crippen LogP contribution in [0, 0.1) is 0 Å². The fourth-order valence-electron chi connectivity index (χ4n) is 0.783. The zero-order chi connectivity index (χ0) is 8.69. The van der Waals surface area contributed by atoms with Crippen LogP contribution in [0.25, 0.3) is 0 Å². The van der Waals surface area contributed by atoms with Gasteiger partial charge in [0.2, 0.25) is 0 Å². The van der Waals surface area contributed by atoms with E-state index in [-0.39, 0.29) is 5.78 Å². The molecule has 0 amide bonds. The smallest absolute Gasteiger partial charge is 0.129 e. The maximum atomic E-state index is 10.5. The predicted octanol–water partition coefficient (Wildman–Crippen LogP) is 1.54.